The van der Waals surface area contributed by atoms with Crippen LogP contribution < -0.4 is 4.90 Å². The third-order valence-electron chi connectivity index (χ3n) is 6.56. The second-order valence-corrected chi connectivity index (χ2v) is 10.8. The van der Waals surface area contributed by atoms with Crippen LogP contribution in [-0.4, -0.2) is 85.4 Å². The maximum Gasteiger partial charge on any atom is 0.237 e. The highest BCUT2D eigenvalue weighted by molar-refractivity contribution is 7.91. The number of piperazine rings is 1. The molecule has 160 valence electrons. The molecule has 0 bridgehead atoms. The average molecular weight is 421 g/mol. The molecular formula is C21H32N4O3S. The van der Waals surface area contributed by atoms with Crippen LogP contribution >= 0.6 is 0 Å². The molecule has 0 spiro atoms. The van der Waals surface area contributed by atoms with Crippen LogP contribution in [0, 0.1) is 0 Å². The molecule has 2 saturated heterocycles. The van der Waals surface area contributed by atoms with Crippen molar-refractivity contribution in [3.63, 3.8) is 0 Å². The van der Waals surface area contributed by atoms with E-state index in [1.165, 1.54) is 6.42 Å². The third-order valence-corrected chi connectivity index (χ3v) is 8.31. The highest BCUT2D eigenvalue weighted by atomic mass is 32.2. The van der Waals surface area contributed by atoms with E-state index < -0.39 is 9.84 Å². The largest absolute Gasteiger partial charge is 0.354 e. The highest BCUT2D eigenvalue weighted by Gasteiger charge is 2.39. The number of carbonyl (C=O) groups is 1. The van der Waals surface area contributed by atoms with E-state index in [-0.39, 0.29) is 29.5 Å². The lowest BCUT2D eigenvalue weighted by molar-refractivity contribution is -0.137. The van der Waals surface area contributed by atoms with E-state index in [1.807, 2.05) is 29.3 Å². The molecule has 29 heavy (non-hydrogen) atoms. The van der Waals surface area contributed by atoms with Crippen LogP contribution in [0.2, 0.25) is 0 Å². The van der Waals surface area contributed by atoms with Crippen molar-refractivity contribution in [1.29, 1.82) is 0 Å². The second kappa shape index (κ2) is 9.00. The van der Waals surface area contributed by atoms with Gasteiger partial charge in [-0.15, -0.1) is 0 Å². The lowest BCUT2D eigenvalue weighted by Gasteiger charge is -2.41. The predicted octanol–water partition coefficient (Wildman–Crippen LogP) is 1.55. The molecular weight excluding hydrogens is 388 g/mol. The number of nitrogens with zero attached hydrogens (tertiary/aromatic N) is 4. The Bertz CT molecular complexity index is 787. The summed E-state index contributed by atoms with van der Waals surface area (Å²) >= 11 is 0. The number of carbonyl (C=O) groups excluding carboxylic acids is 1. The van der Waals surface area contributed by atoms with Gasteiger partial charge in [0, 0.05) is 44.5 Å². The number of anilines is 1. The number of amides is 1. The van der Waals surface area contributed by atoms with Gasteiger partial charge in [0.05, 0.1) is 18.1 Å². The molecule has 1 amide bonds. The van der Waals surface area contributed by atoms with Crippen molar-refractivity contribution in [3.05, 3.63) is 24.4 Å². The van der Waals surface area contributed by atoms with Crippen molar-refractivity contribution in [3.8, 4) is 0 Å². The Morgan fingerprint density at radius 3 is 2.41 bits per heavy atom. The predicted molar refractivity (Wildman–Crippen MR) is 114 cm³/mol. The first-order valence-electron chi connectivity index (χ1n) is 10.9. The van der Waals surface area contributed by atoms with Crippen LogP contribution in [0.15, 0.2) is 24.4 Å². The van der Waals surface area contributed by atoms with Gasteiger partial charge in [-0.05, 0) is 31.4 Å². The van der Waals surface area contributed by atoms with Gasteiger partial charge in [0.1, 0.15) is 5.82 Å². The molecule has 3 heterocycles. The maximum atomic E-state index is 13.3. The lowest BCUT2D eigenvalue weighted by Crippen LogP contribution is -2.54. The zero-order valence-electron chi connectivity index (χ0n) is 17.1. The quantitative estimate of drug-likeness (QED) is 0.720. The maximum absolute atomic E-state index is 13.3. The first-order valence-corrected chi connectivity index (χ1v) is 12.7. The van der Waals surface area contributed by atoms with Gasteiger partial charge >= 0.3 is 0 Å². The van der Waals surface area contributed by atoms with Crippen molar-refractivity contribution in [2.75, 3.05) is 49.1 Å². The smallest absolute Gasteiger partial charge is 0.237 e. The summed E-state index contributed by atoms with van der Waals surface area (Å²) in [5, 5.41) is 0. The number of hydrogen-bond acceptors (Lipinski definition) is 6. The Morgan fingerprint density at radius 1 is 1.03 bits per heavy atom. The van der Waals surface area contributed by atoms with E-state index >= 15 is 0 Å². The van der Waals surface area contributed by atoms with E-state index in [0.717, 1.165) is 57.7 Å². The first kappa shape index (κ1) is 20.6. The molecule has 1 aromatic rings. The molecule has 0 unspecified atom stereocenters. The molecule has 3 aliphatic rings. The summed E-state index contributed by atoms with van der Waals surface area (Å²) in [7, 11) is -3.00. The monoisotopic (exact) mass is 420 g/mol. The minimum Gasteiger partial charge on any atom is -0.354 e. The number of rotatable bonds is 5. The summed E-state index contributed by atoms with van der Waals surface area (Å²) in [5.74, 6) is 1.46. The highest BCUT2D eigenvalue weighted by Crippen LogP contribution is 2.28. The van der Waals surface area contributed by atoms with Crippen LogP contribution in [0.5, 0.6) is 0 Å². The Hall–Kier alpha value is -1.67. The molecule has 0 aromatic carbocycles. The molecule has 0 N–H and O–H groups in total. The van der Waals surface area contributed by atoms with Gasteiger partial charge in [0.25, 0.3) is 0 Å². The Balaban J connectivity index is 1.38. The lowest BCUT2D eigenvalue weighted by atomic mass is 9.92. The number of aromatic nitrogens is 1. The molecule has 1 aromatic heterocycles. The van der Waals surface area contributed by atoms with Crippen LogP contribution in [0.25, 0.3) is 0 Å². The molecule has 7 nitrogen and oxygen atoms in total. The van der Waals surface area contributed by atoms with E-state index in [9.17, 15) is 13.2 Å². The Morgan fingerprint density at radius 2 is 1.79 bits per heavy atom. The number of pyridine rings is 1. The fourth-order valence-electron chi connectivity index (χ4n) is 5.01. The van der Waals surface area contributed by atoms with Crippen LogP contribution in [0.4, 0.5) is 5.82 Å². The zero-order valence-corrected chi connectivity index (χ0v) is 17.9. The van der Waals surface area contributed by atoms with E-state index in [1.54, 1.807) is 0 Å². The van der Waals surface area contributed by atoms with Gasteiger partial charge in [0.15, 0.2) is 9.84 Å². The molecule has 4 rings (SSSR count). The molecule has 1 atom stereocenters. The fraction of sp³-hybridized carbons (Fsp3) is 0.714. The average Bonchev–Trinajstić information content (AvgIpc) is 3.09. The van der Waals surface area contributed by atoms with Gasteiger partial charge in [-0.25, -0.2) is 13.4 Å². The molecule has 0 radical (unpaired) electrons. The standard InChI is InChI=1S/C21H32N4O3S/c26-21(16-23-11-13-24(14-12-23)20-8-4-5-10-22-20)25(18-6-2-1-3-7-18)19-9-15-29(27,28)17-19/h4-5,8,10,18-19H,1-3,6-7,9,11-17H2/t19-/m0/s1. The van der Waals surface area contributed by atoms with Crippen molar-refractivity contribution < 1.29 is 13.2 Å². The Kier molecular flexibility index (Phi) is 6.39. The van der Waals surface area contributed by atoms with Gasteiger partial charge < -0.3 is 9.80 Å². The van der Waals surface area contributed by atoms with Crippen LogP contribution in [0.3, 0.4) is 0 Å². The molecule has 1 aliphatic carbocycles. The fourth-order valence-corrected chi connectivity index (χ4v) is 6.72. The molecule has 8 heteroatoms. The summed E-state index contributed by atoms with van der Waals surface area (Å²) in [6.07, 6.45) is 7.91. The summed E-state index contributed by atoms with van der Waals surface area (Å²) < 4.78 is 24.1. The minimum absolute atomic E-state index is 0.116. The van der Waals surface area contributed by atoms with Crippen molar-refractivity contribution in [2.45, 2.75) is 50.6 Å². The topological polar surface area (TPSA) is 73.8 Å². The molecule has 3 fully saturated rings. The SMILES string of the molecule is O=C(CN1CCN(c2ccccn2)CC1)N(C1CCCCC1)[C@H]1CCS(=O)(=O)C1. The van der Waals surface area contributed by atoms with Crippen LogP contribution in [0.1, 0.15) is 38.5 Å². The summed E-state index contributed by atoms with van der Waals surface area (Å²) in [5.41, 5.74) is 0. The van der Waals surface area contributed by atoms with Crippen molar-refractivity contribution >= 4 is 21.6 Å². The summed E-state index contributed by atoms with van der Waals surface area (Å²) in [4.78, 5) is 24.2. The van der Waals surface area contributed by atoms with Crippen LogP contribution in [-0.2, 0) is 14.6 Å². The Labute approximate surface area is 174 Å². The zero-order chi connectivity index (χ0) is 20.3. The minimum atomic E-state index is -3.00. The van der Waals surface area contributed by atoms with E-state index in [4.69, 9.17) is 0 Å². The van der Waals surface area contributed by atoms with E-state index in [0.29, 0.717) is 13.0 Å². The first-order chi connectivity index (χ1) is 14.0. The normalized spacial score (nSPS) is 25.8. The molecule has 2 aliphatic heterocycles. The van der Waals surface area contributed by atoms with Crippen molar-refractivity contribution in [2.24, 2.45) is 0 Å². The third kappa shape index (κ3) is 5.09. The van der Waals surface area contributed by atoms with E-state index in [2.05, 4.69) is 14.8 Å². The second-order valence-electron chi connectivity index (χ2n) is 8.60. The van der Waals surface area contributed by atoms with Crippen molar-refractivity contribution in [1.82, 2.24) is 14.8 Å². The number of sulfone groups is 1. The van der Waals surface area contributed by atoms with Gasteiger partial charge in [0.2, 0.25) is 5.91 Å². The number of hydrogen-bond donors (Lipinski definition) is 0. The van der Waals surface area contributed by atoms with Gasteiger partial charge in [-0.3, -0.25) is 9.69 Å². The summed E-state index contributed by atoms with van der Waals surface area (Å²) in [6.45, 7) is 3.74. The van der Waals surface area contributed by atoms with Gasteiger partial charge in [-0.2, -0.15) is 0 Å². The summed E-state index contributed by atoms with van der Waals surface area (Å²) in [6, 6.07) is 6.01. The molecule has 1 saturated carbocycles. The van der Waals surface area contributed by atoms with Gasteiger partial charge in [-0.1, -0.05) is 25.3 Å².